The molecule has 1 unspecified atom stereocenters. The monoisotopic (exact) mass is 426 g/mol. The van der Waals surface area contributed by atoms with Gasteiger partial charge >= 0.3 is 0 Å². The number of carbonyl (C=O) groups is 1. The van der Waals surface area contributed by atoms with Gasteiger partial charge in [-0.2, -0.15) is 5.10 Å². The summed E-state index contributed by atoms with van der Waals surface area (Å²) in [6.07, 6.45) is 3.54. The number of nitrogens with zero attached hydrogens (tertiary/aromatic N) is 4. The van der Waals surface area contributed by atoms with E-state index in [0.29, 0.717) is 44.8 Å². The van der Waals surface area contributed by atoms with Gasteiger partial charge in [0.05, 0.1) is 23.1 Å². The van der Waals surface area contributed by atoms with Crippen LogP contribution in [0.4, 0.5) is 8.78 Å². The number of carbonyl (C=O) groups excluding carboxylic acids is 1. The summed E-state index contributed by atoms with van der Waals surface area (Å²) in [6, 6.07) is 4.23. The van der Waals surface area contributed by atoms with Crippen molar-refractivity contribution in [3.63, 3.8) is 0 Å². The van der Waals surface area contributed by atoms with Crippen molar-refractivity contribution < 1.29 is 13.6 Å². The quantitative estimate of drug-likeness (QED) is 0.737. The van der Waals surface area contributed by atoms with Crippen LogP contribution in [0.2, 0.25) is 0 Å². The Labute approximate surface area is 159 Å². The Morgan fingerprint density at radius 2 is 2.00 bits per heavy atom. The van der Waals surface area contributed by atoms with Gasteiger partial charge in [0.2, 0.25) is 5.91 Å². The molecular weight excluding hydrogens is 406 g/mol. The third-order valence-corrected chi connectivity index (χ3v) is 5.00. The Hall–Kier alpha value is -1.80. The van der Waals surface area contributed by atoms with Crippen molar-refractivity contribution in [2.24, 2.45) is 5.92 Å². The molecule has 8 heteroatoms. The summed E-state index contributed by atoms with van der Waals surface area (Å²) in [5, 5.41) is 4.18. The van der Waals surface area contributed by atoms with Gasteiger partial charge in [0.25, 0.3) is 0 Å². The zero-order valence-corrected chi connectivity index (χ0v) is 16.1. The normalized spacial score (nSPS) is 16.7. The highest BCUT2D eigenvalue weighted by molar-refractivity contribution is 9.10. The third kappa shape index (κ3) is 4.48. The number of amides is 1. The average molecular weight is 427 g/mol. The molecule has 2 heterocycles. The second-order valence-corrected chi connectivity index (χ2v) is 7.51. The zero-order chi connectivity index (χ0) is 18.7. The van der Waals surface area contributed by atoms with Gasteiger partial charge in [0.1, 0.15) is 0 Å². The standard InChI is InChI=1S/C18H21BrF2N4O/c1-13(10-25-12-15(19)9-22-25)18(26)24-7-5-23(6-8-24)11-14-3-2-4-16(20)17(14)21/h2-4,9,12-13H,5-8,10-11H2,1H3. The Kier molecular flexibility index (Phi) is 6.03. The highest BCUT2D eigenvalue weighted by Crippen LogP contribution is 2.16. The lowest BCUT2D eigenvalue weighted by Crippen LogP contribution is -2.50. The molecule has 5 nitrogen and oxygen atoms in total. The minimum Gasteiger partial charge on any atom is -0.340 e. The molecule has 1 aliphatic heterocycles. The molecule has 3 rings (SSSR count). The lowest BCUT2D eigenvalue weighted by atomic mass is 10.1. The number of aromatic nitrogens is 2. The molecule has 0 saturated carbocycles. The molecule has 1 aromatic carbocycles. The number of hydrogen-bond donors (Lipinski definition) is 0. The molecule has 0 aliphatic carbocycles. The minimum absolute atomic E-state index is 0.0909. The third-order valence-electron chi connectivity index (χ3n) is 4.59. The summed E-state index contributed by atoms with van der Waals surface area (Å²) in [7, 11) is 0. The first kappa shape index (κ1) is 19.0. The number of benzene rings is 1. The van der Waals surface area contributed by atoms with Gasteiger partial charge in [-0.1, -0.05) is 19.1 Å². The van der Waals surface area contributed by atoms with Gasteiger partial charge in [-0.05, 0) is 22.0 Å². The Bertz CT molecular complexity index is 774. The van der Waals surface area contributed by atoms with E-state index in [2.05, 4.69) is 21.0 Å². The van der Waals surface area contributed by atoms with Crippen molar-refractivity contribution in [3.05, 3.63) is 52.3 Å². The van der Waals surface area contributed by atoms with Gasteiger partial charge in [0, 0.05) is 44.5 Å². The van der Waals surface area contributed by atoms with E-state index in [1.54, 1.807) is 16.9 Å². The van der Waals surface area contributed by atoms with Crippen LogP contribution in [0.3, 0.4) is 0 Å². The summed E-state index contributed by atoms with van der Waals surface area (Å²) < 4.78 is 29.7. The van der Waals surface area contributed by atoms with Crippen LogP contribution < -0.4 is 0 Å². The van der Waals surface area contributed by atoms with E-state index in [1.807, 2.05) is 22.9 Å². The van der Waals surface area contributed by atoms with E-state index in [9.17, 15) is 13.6 Å². The first-order chi connectivity index (χ1) is 12.4. The van der Waals surface area contributed by atoms with Crippen LogP contribution in [0.25, 0.3) is 0 Å². The molecular formula is C18H21BrF2N4O. The lowest BCUT2D eigenvalue weighted by Gasteiger charge is -2.36. The van der Waals surface area contributed by atoms with E-state index in [4.69, 9.17) is 0 Å². The summed E-state index contributed by atoms with van der Waals surface area (Å²) in [5.74, 6) is -1.69. The molecule has 1 atom stereocenters. The van der Waals surface area contributed by atoms with Gasteiger partial charge in [0.15, 0.2) is 11.6 Å². The Balaban J connectivity index is 1.51. The van der Waals surface area contributed by atoms with Crippen LogP contribution in [0.5, 0.6) is 0 Å². The second-order valence-electron chi connectivity index (χ2n) is 6.60. The molecule has 1 aromatic heterocycles. The van der Waals surface area contributed by atoms with Crippen LogP contribution in [0, 0.1) is 17.6 Å². The Morgan fingerprint density at radius 1 is 1.27 bits per heavy atom. The molecule has 2 aromatic rings. The molecule has 140 valence electrons. The van der Waals surface area contributed by atoms with Gasteiger partial charge in [-0.25, -0.2) is 8.78 Å². The van der Waals surface area contributed by atoms with Gasteiger partial charge < -0.3 is 4.90 Å². The molecule has 26 heavy (non-hydrogen) atoms. The van der Waals surface area contributed by atoms with Crippen LogP contribution in [0.1, 0.15) is 12.5 Å². The predicted octanol–water partition coefficient (Wildman–Crippen LogP) is 2.90. The molecule has 1 amide bonds. The maximum absolute atomic E-state index is 13.8. The molecule has 0 radical (unpaired) electrons. The highest BCUT2D eigenvalue weighted by Gasteiger charge is 2.25. The molecule has 1 fully saturated rings. The second kappa shape index (κ2) is 8.26. The van der Waals surface area contributed by atoms with Crippen molar-refractivity contribution in [2.75, 3.05) is 26.2 Å². The van der Waals surface area contributed by atoms with Crippen molar-refractivity contribution in [3.8, 4) is 0 Å². The fraction of sp³-hybridized carbons (Fsp3) is 0.444. The van der Waals surface area contributed by atoms with E-state index in [0.717, 1.165) is 10.5 Å². The van der Waals surface area contributed by atoms with E-state index >= 15 is 0 Å². The Morgan fingerprint density at radius 3 is 2.65 bits per heavy atom. The fourth-order valence-corrected chi connectivity index (χ4v) is 3.47. The van der Waals surface area contributed by atoms with Crippen molar-refractivity contribution in [2.45, 2.75) is 20.0 Å². The highest BCUT2D eigenvalue weighted by atomic mass is 79.9. The van der Waals surface area contributed by atoms with Crippen LogP contribution >= 0.6 is 15.9 Å². The molecule has 1 saturated heterocycles. The predicted molar refractivity (Wildman–Crippen MR) is 97.3 cm³/mol. The maximum Gasteiger partial charge on any atom is 0.227 e. The van der Waals surface area contributed by atoms with Crippen LogP contribution in [0.15, 0.2) is 35.1 Å². The van der Waals surface area contributed by atoms with Crippen LogP contribution in [-0.4, -0.2) is 51.7 Å². The first-order valence-electron chi connectivity index (χ1n) is 8.56. The first-order valence-corrected chi connectivity index (χ1v) is 9.35. The summed E-state index contributed by atoms with van der Waals surface area (Å²) in [6.45, 7) is 5.23. The summed E-state index contributed by atoms with van der Waals surface area (Å²) in [5.41, 5.74) is 0.349. The molecule has 1 aliphatic rings. The number of piperazine rings is 1. The summed E-state index contributed by atoms with van der Waals surface area (Å²) >= 11 is 3.34. The minimum atomic E-state index is -0.824. The topological polar surface area (TPSA) is 41.4 Å². The largest absolute Gasteiger partial charge is 0.340 e. The van der Waals surface area contributed by atoms with Gasteiger partial charge in [-0.3, -0.25) is 14.4 Å². The SMILES string of the molecule is CC(Cn1cc(Br)cn1)C(=O)N1CCN(Cc2cccc(F)c2F)CC1. The fourth-order valence-electron chi connectivity index (χ4n) is 3.15. The number of hydrogen-bond acceptors (Lipinski definition) is 3. The number of halogens is 3. The molecule has 0 bridgehead atoms. The lowest BCUT2D eigenvalue weighted by molar-refractivity contribution is -0.137. The zero-order valence-electron chi connectivity index (χ0n) is 14.5. The number of rotatable bonds is 5. The molecule has 0 N–H and O–H groups in total. The summed E-state index contributed by atoms with van der Waals surface area (Å²) in [4.78, 5) is 16.5. The van der Waals surface area contributed by atoms with E-state index < -0.39 is 11.6 Å². The van der Waals surface area contributed by atoms with Crippen LogP contribution in [-0.2, 0) is 17.9 Å². The van der Waals surface area contributed by atoms with Gasteiger partial charge in [-0.15, -0.1) is 0 Å². The van der Waals surface area contributed by atoms with E-state index in [1.165, 1.54) is 6.07 Å². The maximum atomic E-state index is 13.8. The smallest absolute Gasteiger partial charge is 0.227 e. The van der Waals surface area contributed by atoms with Crippen molar-refractivity contribution in [1.82, 2.24) is 19.6 Å². The van der Waals surface area contributed by atoms with E-state index in [-0.39, 0.29) is 11.8 Å². The molecule has 0 spiro atoms. The average Bonchev–Trinajstić information content (AvgIpc) is 3.04. The van der Waals surface area contributed by atoms with Crippen molar-refractivity contribution >= 4 is 21.8 Å². The van der Waals surface area contributed by atoms with Crippen molar-refractivity contribution in [1.29, 1.82) is 0 Å².